The number of carbonyl (C=O) groups excluding carboxylic acids is 1. The first-order valence-corrected chi connectivity index (χ1v) is 7.03. The fraction of sp³-hybridized carbons (Fsp3) is 0.167. The number of nitrogens with zero attached hydrogens (tertiary/aromatic N) is 1. The molecule has 1 amide bonds. The normalized spacial score (nSPS) is 11.3. The fourth-order valence-electron chi connectivity index (χ4n) is 1.51. The van der Waals surface area contributed by atoms with Gasteiger partial charge in [0.05, 0.1) is 11.3 Å². The number of halogens is 3. The first kappa shape index (κ1) is 16.8. The molecule has 0 aliphatic carbocycles. The second-order valence-electron chi connectivity index (χ2n) is 4.22. The van der Waals surface area contributed by atoms with Gasteiger partial charge in [-0.2, -0.15) is 18.3 Å². The highest BCUT2D eigenvalue weighted by molar-refractivity contribution is 7.99. The molecule has 1 aromatic carbocycles. The Kier molecular flexibility index (Phi) is 4.89. The van der Waals surface area contributed by atoms with Gasteiger partial charge in [-0.1, -0.05) is 11.8 Å². The molecule has 7 nitrogen and oxygen atoms in total. The van der Waals surface area contributed by atoms with E-state index in [2.05, 4.69) is 10.4 Å². The summed E-state index contributed by atoms with van der Waals surface area (Å²) in [5.41, 5.74) is -2.14. The molecule has 2 aromatic rings. The SMILES string of the molecule is O=C(CSc1n[nH]c(=O)[nH]c1=O)Nc1ccc(C(F)(F)F)cc1. The smallest absolute Gasteiger partial charge is 0.325 e. The van der Waals surface area contributed by atoms with Crippen LogP contribution in [0, 0.1) is 0 Å². The van der Waals surface area contributed by atoms with Crippen molar-refractivity contribution in [3.63, 3.8) is 0 Å². The highest BCUT2D eigenvalue weighted by Crippen LogP contribution is 2.29. The lowest BCUT2D eigenvalue weighted by Gasteiger charge is -2.08. The maximum atomic E-state index is 12.4. The Morgan fingerprint density at radius 1 is 1.22 bits per heavy atom. The van der Waals surface area contributed by atoms with E-state index in [9.17, 15) is 27.6 Å². The predicted octanol–water partition coefficient (Wildman–Crippen LogP) is 1.21. The summed E-state index contributed by atoms with van der Waals surface area (Å²) in [7, 11) is 0. The van der Waals surface area contributed by atoms with Crippen LogP contribution in [-0.4, -0.2) is 26.8 Å². The maximum Gasteiger partial charge on any atom is 0.416 e. The summed E-state index contributed by atoms with van der Waals surface area (Å²) in [6.07, 6.45) is -4.45. The van der Waals surface area contributed by atoms with E-state index < -0.39 is 28.9 Å². The Bertz CT molecular complexity index is 814. The first-order chi connectivity index (χ1) is 10.8. The molecule has 1 heterocycles. The molecule has 0 spiro atoms. The number of hydrogen-bond donors (Lipinski definition) is 3. The molecule has 11 heteroatoms. The van der Waals surface area contributed by atoms with Crippen LogP contribution in [0.5, 0.6) is 0 Å². The summed E-state index contributed by atoms with van der Waals surface area (Å²) in [5, 5.41) is 7.76. The van der Waals surface area contributed by atoms with Gasteiger partial charge in [0, 0.05) is 5.69 Å². The molecular weight excluding hydrogens is 337 g/mol. The largest absolute Gasteiger partial charge is 0.416 e. The number of H-pyrrole nitrogens is 2. The summed E-state index contributed by atoms with van der Waals surface area (Å²) in [6, 6.07) is 3.93. The van der Waals surface area contributed by atoms with Crippen molar-refractivity contribution in [2.75, 3.05) is 11.1 Å². The minimum atomic E-state index is -4.45. The van der Waals surface area contributed by atoms with Crippen molar-refractivity contribution in [2.24, 2.45) is 0 Å². The zero-order valence-corrected chi connectivity index (χ0v) is 12.0. The van der Waals surface area contributed by atoms with Crippen molar-refractivity contribution in [2.45, 2.75) is 11.2 Å². The highest BCUT2D eigenvalue weighted by Gasteiger charge is 2.29. The highest BCUT2D eigenvalue weighted by atomic mass is 32.2. The summed E-state index contributed by atoms with van der Waals surface area (Å²) in [6.45, 7) is 0. The lowest BCUT2D eigenvalue weighted by atomic mass is 10.2. The standard InChI is InChI=1S/C12H9F3N4O3S/c13-12(14,15)6-1-3-7(4-2-6)16-8(20)5-23-10-9(21)17-11(22)19-18-10/h1-4H,5H2,(H,16,20)(H2,17,19,21,22). The fourth-order valence-corrected chi connectivity index (χ4v) is 2.14. The zero-order valence-electron chi connectivity index (χ0n) is 11.2. The molecule has 0 unspecified atom stereocenters. The number of alkyl halides is 3. The van der Waals surface area contributed by atoms with E-state index in [0.29, 0.717) is 0 Å². The molecule has 0 bridgehead atoms. The van der Waals surface area contributed by atoms with Crippen LogP contribution in [0.2, 0.25) is 0 Å². The van der Waals surface area contributed by atoms with Crippen LogP contribution in [0.25, 0.3) is 0 Å². The average Bonchev–Trinajstić information content (AvgIpc) is 2.46. The number of aromatic nitrogens is 3. The van der Waals surface area contributed by atoms with Crippen molar-refractivity contribution in [3.05, 3.63) is 50.7 Å². The molecule has 1 aromatic heterocycles. The monoisotopic (exact) mass is 346 g/mol. The van der Waals surface area contributed by atoms with Crippen LogP contribution in [0.1, 0.15) is 5.56 Å². The van der Waals surface area contributed by atoms with Crippen LogP contribution in [-0.2, 0) is 11.0 Å². The Balaban J connectivity index is 1.94. The molecule has 3 N–H and O–H groups in total. The minimum absolute atomic E-state index is 0.104. The number of amides is 1. The number of aromatic amines is 2. The van der Waals surface area contributed by atoms with Crippen molar-refractivity contribution in [1.82, 2.24) is 15.2 Å². The Morgan fingerprint density at radius 3 is 2.43 bits per heavy atom. The van der Waals surface area contributed by atoms with Crippen molar-refractivity contribution < 1.29 is 18.0 Å². The lowest BCUT2D eigenvalue weighted by molar-refractivity contribution is -0.137. The number of anilines is 1. The molecule has 0 saturated carbocycles. The molecule has 122 valence electrons. The van der Waals surface area contributed by atoms with Crippen LogP contribution in [0.3, 0.4) is 0 Å². The summed E-state index contributed by atoms with van der Waals surface area (Å²) >= 11 is 0.773. The molecule has 0 aliphatic heterocycles. The molecule has 0 atom stereocenters. The molecule has 0 aliphatic rings. The van der Waals surface area contributed by atoms with Crippen molar-refractivity contribution in [3.8, 4) is 0 Å². The number of carbonyl (C=O) groups is 1. The molecule has 0 saturated heterocycles. The summed E-state index contributed by atoms with van der Waals surface area (Å²) in [4.78, 5) is 35.7. The van der Waals surface area contributed by atoms with Gasteiger partial charge in [-0.3, -0.25) is 14.6 Å². The van der Waals surface area contributed by atoms with Gasteiger partial charge in [-0.05, 0) is 24.3 Å². The summed E-state index contributed by atoms with van der Waals surface area (Å²) < 4.78 is 37.2. The number of benzene rings is 1. The lowest BCUT2D eigenvalue weighted by Crippen LogP contribution is -2.25. The van der Waals surface area contributed by atoms with Gasteiger partial charge >= 0.3 is 11.9 Å². The van der Waals surface area contributed by atoms with Gasteiger partial charge < -0.3 is 5.32 Å². The Morgan fingerprint density at radius 2 is 1.87 bits per heavy atom. The number of thioether (sulfide) groups is 1. The van der Waals surface area contributed by atoms with Crippen molar-refractivity contribution >= 4 is 23.4 Å². The maximum absolute atomic E-state index is 12.4. The molecular formula is C12H9F3N4O3S. The van der Waals surface area contributed by atoms with E-state index in [1.54, 1.807) is 0 Å². The Hall–Kier alpha value is -2.56. The number of rotatable bonds is 4. The second kappa shape index (κ2) is 6.69. The summed E-state index contributed by atoms with van der Waals surface area (Å²) in [5.74, 6) is -0.745. The molecule has 0 fully saturated rings. The van der Waals surface area contributed by atoms with Gasteiger partial charge in [0.15, 0.2) is 5.03 Å². The average molecular weight is 346 g/mol. The van der Waals surface area contributed by atoms with Gasteiger partial charge in [0.1, 0.15) is 0 Å². The van der Waals surface area contributed by atoms with Crippen LogP contribution in [0.4, 0.5) is 18.9 Å². The number of nitrogens with one attached hydrogen (secondary N) is 3. The number of hydrogen-bond acceptors (Lipinski definition) is 5. The Labute approximate surface area is 130 Å². The van der Waals surface area contributed by atoms with Gasteiger partial charge in [0.2, 0.25) is 5.91 Å². The van der Waals surface area contributed by atoms with Crippen LogP contribution < -0.4 is 16.6 Å². The van der Waals surface area contributed by atoms with E-state index in [-0.39, 0.29) is 16.5 Å². The third kappa shape index (κ3) is 4.71. The molecule has 0 radical (unpaired) electrons. The van der Waals surface area contributed by atoms with Crippen LogP contribution in [0.15, 0.2) is 38.9 Å². The van der Waals surface area contributed by atoms with E-state index in [4.69, 9.17) is 0 Å². The third-order valence-electron chi connectivity index (χ3n) is 2.52. The third-order valence-corrected chi connectivity index (χ3v) is 3.47. The minimum Gasteiger partial charge on any atom is -0.325 e. The van der Waals surface area contributed by atoms with Crippen molar-refractivity contribution in [1.29, 1.82) is 0 Å². The van der Waals surface area contributed by atoms with E-state index in [1.165, 1.54) is 0 Å². The van der Waals surface area contributed by atoms with E-state index in [0.717, 1.165) is 36.0 Å². The molecule has 2 rings (SSSR count). The first-order valence-electron chi connectivity index (χ1n) is 6.04. The zero-order chi connectivity index (χ0) is 17.0. The van der Waals surface area contributed by atoms with Crippen LogP contribution >= 0.6 is 11.8 Å². The van der Waals surface area contributed by atoms with Gasteiger partial charge in [0.25, 0.3) is 5.56 Å². The predicted molar refractivity (Wildman–Crippen MR) is 76.3 cm³/mol. The quantitative estimate of drug-likeness (QED) is 0.721. The van der Waals surface area contributed by atoms with Gasteiger partial charge in [-0.25, -0.2) is 9.89 Å². The second-order valence-corrected chi connectivity index (χ2v) is 5.19. The molecule has 23 heavy (non-hydrogen) atoms. The van der Waals surface area contributed by atoms with Gasteiger partial charge in [-0.15, -0.1) is 0 Å². The van der Waals surface area contributed by atoms with E-state index >= 15 is 0 Å². The van der Waals surface area contributed by atoms with E-state index in [1.807, 2.05) is 10.1 Å². The topological polar surface area (TPSA) is 108 Å².